The van der Waals surface area contributed by atoms with E-state index in [0.717, 1.165) is 35.7 Å². The van der Waals surface area contributed by atoms with Crippen LogP contribution in [0.5, 0.6) is 0 Å². The Morgan fingerprint density at radius 1 is 1.35 bits per heavy atom. The first kappa shape index (κ1) is 22.0. The molecule has 1 fully saturated rings. The summed E-state index contributed by atoms with van der Waals surface area (Å²) in [5.74, 6) is 0.754. The number of aromatic nitrogens is 3. The van der Waals surface area contributed by atoms with E-state index in [4.69, 9.17) is 4.74 Å². The van der Waals surface area contributed by atoms with Gasteiger partial charge in [-0.2, -0.15) is 0 Å². The van der Waals surface area contributed by atoms with Crippen LogP contribution in [0, 0.1) is 5.82 Å². The molecule has 1 aliphatic rings. The molecule has 0 unspecified atom stereocenters. The maximum Gasteiger partial charge on any atom is 0.233 e. The quantitative estimate of drug-likeness (QED) is 0.441. The van der Waals surface area contributed by atoms with Crippen LogP contribution in [-0.4, -0.2) is 50.6 Å². The normalized spacial score (nSPS) is 16.0. The maximum absolute atomic E-state index is 13.5. The second-order valence-electron chi connectivity index (χ2n) is 7.36. The highest BCUT2D eigenvalue weighted by atomic mass is 32.2. The predicted octanol–water partition coefficient (Wildman–Crippen LogP) is 4.47. The van der Waals surface area contributed by atoms with Crippen LogP contribution >= 0.6 is 23.1 Å². The molecule has 9 heteroatoms. The van der Waals surface area contributed by atoms with Crippen molar-refractivity contribution >= 4 is 29.0 Å². The van der Waals surface area contributed by atoms with Crippen molar-refractivity contribution in [3.63, 3.8) is 0 Å². The lowest BCUT2D eigenvalue weighted by molar-refractivity contribution is -0.128. The smallest absolute Gasteiger partial charge is 0.233 e. The minimum Gasteiger partial charge on any atom is -0.376 e. The second-order valence-corrected chi connectivity index (χ2v) is 9.25. The van der Waals surface area contributed by atoms with Crippen molar-refractivity contribution in [3.05, 3.63) is 53.2 Å². The third-order valence-electron chi connectivity index (χ3n) is 5.19. The van der Waals surface area contributed by atoms with E-state index in [9.17, 15) is 9.18 Å². The Morgan fingerprint density at radius 3 is 2.97 bits per heavy atom. The zero-order valence-corrected chi connectivity index (χ0v) is 19.0. The predicted molar refractivity (Wildman–Crippen MR) is 121 cm³/mol. The van der Waals surface area contributed by atoms with Crippen molar-refractivity contribution in [1.29, 1.82) is 0 Å². The molecule has 4 rings (SSSR count). The van der Waals surface area contributed by atoms with Gasteiger partial charge < -0.3 is 9.64 Å². The van der Waals surface area contributed by atoms with Crippen molar-refractivity contribution in [1.82, 2.24) is 19.7 Å². The van der Waals surface area contributed by atoms with Crippen LogP contribution in [-0.2, 0) is 22.6 Å². The number of carbonyl (C=O) groups is 1. The SMILES string of the molecule is CCN(Cc1cccc(F)c1)C(=O)CSc1nnc(-c2cccs2)n1C[C@H]1CCCO1. The lowest BCUT2D eigenvalue weighted by Crippen LogP contribution is -2.31. The van der Waals surface area contributed by atoms with Gasteiger partial charge >= 0.3 is 0 Å². The molecule has 0 radical (unpaired) electrons. The van der Waals surface area contributed by atoms with Gasteiger partial charge in [0.05, 0.1) is 23.3 Å². The maximum atomic E-state index is 13.5. The number of hydrogen-bond donors (Lipinski definition) is 0. The van der Waals surface area contributed by atoms with Gasteiger partial charge in [-0.25, -0.2) is 4.39 Å². The summed E-state index contributed by atoms with van der Waals surface area (Å²) in [5.41, 5.74) is 0.779. The molecular formula is C22H25FN4O2S2. The first-order valence-electron chi connectivity index (χ1n) is 10.4. The Hall–Kier alpha value is -2.23. The van der Waals surface area contributed by atoms with Gasteiger partial charge in [0.15, 0.2) is 11.0 Å². The summed E-state index contributed by atoms with van der Waals surface area (Å²) in [6.07, 6.45) is 2.22. The Kier molecular flexibility index (Phi) is 7.37. The van der Waals surface area contributed by atoms with E-state index in [2.05, 4.69) is 14.8 Å². The molecule has 31 heavy (non-hydrogen) atoms. The average Bonchev–Trinajstić information content (AvgIpc) is 3.53. The van der Waals surface area contributed by atoms with Crippen LogP contribution in [0.25, 0.3) is 10.7 Å². The Morgan fingerprint density at radius 2 is 2.26 bits per heavy atom. The standard InChI is InChI=1S/C22H25FN4O2S2/c1-2-26(13-16-6-3-7-17(23)12-16)20(28)15-31-22-25-24-21(19-9-5-11-30-19)27(22)14-18-8-4-10-29-18/h3,5-7,9,11-12,18H,2,4,8,10,13-15H2,1H3/t18-/m1/s1. The van der Waals surface area contributed by atoms with Crippen molar-refractivity contribution in [3.8, 4) is 10.7 Å². The summed E-state index contributed by atoms with van der Waals surface area (Å²) in [6.45, 7) is 4.33. The van der Waals surface area contributed by atoms with E-state index in [0.29, 0.717) is 24.8 Å². The molecule has 1 aliphatic heterocycles. The number of amides is 1. The van der Waals surface area contributed by atoms with E-state index in [1.807, 2.05) is 30.5 Å². The van der Waals surface area contributed by atoms with E-state index in [1.165, 1.54) is 23.9 Å². The molecule has 3 aromatic rings. The highest BCUT2D eigenvalue weighted by Gasteiger charge is 2.23. The molecule has 0 aliphatic carbocycles. The summed E-state index contributed by atoms with van der Waals surface area (Å²) in [7, 11) is 0. The van der Waals surface area contributed by atoms with Gasteiger partial charge in [0.1, 0.15) is 5.82 Å². The third-order valence-corrected chi connectivity index (χ3v) is 7.01. The van der Waals surface area contributed by atoms with Crippen LogP contribution in [0.1, 0.15) is 25.3 Å². The molecule has 3 heterocycles. The molecule has 1 aromatic carbocycles. The van der Waals surface area contributed by atoms with Crippen molar-refractivity contribution in [2.75, 3.05) is 18.9 Å². The third kappa shape index (κ3) is 5.53. The number of ether oxygens (including phenoxy) is 1. The van der Waals surface area contributed by atoms with Crippen LogP contribution in [0.3, 0.4) is 0 Å². The molecule has 1 saturated heterocycles. The van der Waals surface area contributed by atoms with Crippen LogP contribution < -0.4 is 0 Å². The van der Waals surface area contributed by atoms with Gasteiger partial charge in [-0.1, -0.05) is 30.0 Å². The minimum atomic E-state index is -0.293. The molecule has 6 nitrogen and oxygen atoms in total. The fourth-order valence-corrected chi connectivity index (χ4v) is 5.16. The van der Waals surface area contributed by atoms with Crippen molar-refractivity contribution in [2.45, 2.75) is 44.1 Å². The molecule has 0 N–H and O–H groups in total. The Bertz CT molecular complexity index is 1000. The number of rotatable bonds is 9. The largest absolute Gasteiger partial charge is 0.376 e. The highest BCUT2D eigenvalue weighted by molar-refractivity contribution is 7.99. The van der Waals surface area contributed by atoms with Gasteiger partial charge in [0.25, 0.3) is 0 Å². The first-order chi connectivity index (χ1) is 15.1. The lowest BCUT2D eigenvalue weighted by atomic mass is 10.2. The van der Waals surface area contributed by atoms with E-state index in [1.54, 1.807) is 22.3 Å². The molecule has 164 valence electrons. The van der Waals surface area contributed by atoms with E-state index in [-0.39, 0.29) is 23.6 Å². The molecule has 1 atom stereocenters. The number of hydrogen-bond acceptors (Lipinski definition) is 6. The topological polar surface area (TPSA) is 60.2 Å². The number of halogens is 1. The first-order valence-corrected chi connectivity index (χ1v) is 12.2. The van der Waals surface area contributed by atoms with Gasteiger partial charge in [0.2, 0.25) is 5.91 Å². The molecule has 0 saturated carbocycles. The van der Waals surface area contributed by atoms with Crippen molar-refractivity contribution in [2.24, 2.45) is 0 Å². The number of benzene rings is 1. The number of thioether (sulfide) groups is 1. The van der Waals surface area contributed by atoms with Gasteiger partial charge in [-0.05, 0) is 48.9 Å². The van der Waals surface area contributed by atoms with Gasteiger partial charge in [0, 0.05) is 19.7 Å². The van der Waals surface area contributed by atoms with E-state index < -0.39 is 0 Å². The van der Waals surface area contributed by atoms with Crippen LogP contribution in [0.4, 0.5) is 4.39 Å². The molecule has 1 amide bonds. The second kappa shape index (κ2) is 10.4. The summed E-state index contributed by atoms with van der Waals surface area (Å²) in [4.78, 5) is 15.6. The summed E-state index contributed by atoms with van der Waals surface area (Å²) in [5, 5.41) is 11.5. The number of carbonyl (C=O) groups excluding carboxylic acids is 1. The summed E-state index contributed by atoms with van der Waals surface area (Å²) >= 11 is 3.00. The Labute approximate surface area is 189 Å². The minimum absolute atomic E-state index is 0.0129. The lowest BCUT2D eigenvalue weighted by Gasteiger charge is -2.21. The fourth-order valence-electron chi connectivity index (χ4n) is 3.59. The van der Waals surface area contributed by atoms with E-state index >= 15 is 0 Å². The molecule has 2 aromatic heterocycles. The van der Waals surface area contributed by atoms with Crippen molar-refractivity contribution < 1.29 is 13.9 Å². The fraction of sp³-hybridized carbons (Fsp3) is 0.409. The number of nitrogens with zero attached hydrogens (tertiary/aromatic N) is 4. The molecular weight excluding hydrogens is 435 g/mol. The van der Waals surface area contributed by atoms with Crippen LogP contribution in [0.2, 0.25) is 0 Å². The highest BCUT2D eigenvalue weighted by Crippen LogP contribution is 2.29. The number of thiophene rings is 1. The zero-order valence-electron chi connectivity index (χ0n) is 17.4. The molecule has 0 bridgehead atoms. The Balaban J connectivity index is 1.46. The zero-order chi connectivity index (χ0) is 21.6. The molecule has 0 spiro atoms. The van der Waals surface area contributed by atoms with Gasteiger partial charge in [-0.3, -0.25) is 9.36 Å². The summed E-state index contributed by atoms with van der Waals surface area (Å²) < 4.78 is 21.4. The summed E-state index contributed by atoms with van der Waals surface area (Å²) in [6, 6.07) is 10.4. The monoisotopic (exact) mass is 460 g/mol. The van der Waals surface area contributed by atoms with Gasteiger partial charge in [-0.15, -0.1) is 21.5 Å². The average molecular weight is 461 g/mol. The van der Waals surface area contributed by atoms with Crippen LogP contribution in [0.15, 0.2) is 46.9 Å².